The van der Waals surface area contributed by atoms with Crippen molar-refractivity contribution in [2.75, 3.05) is 20.6 Å². The number of nitrogens with zero attached hydrogens (tertiary/aromatic N) is 2. The maximum Gasteiger partial charge on any atom is 0.270 e. The summed E-state index contributed by atoms with van der Waals surface area (Å²) in [5, 5.41) is 10.5. The predicted octanol–water partition coefficient (Wildman–Crippen LogP) is 1.98. The summed E-state index contributed by atoms with van der Waals surface area (Å²) in [6.07, 6.45) is 8.37. The maximum absolute atomic E-state index is 11.7. The van der Waals surface area contributed by atoms with E-state index in [1.165, 1.54) is 18.2 Å². The highest BCUT2D eigenvalue weighted by Gasteiger charge is 2.11. The van der Waals surface area contributed by atoms with E-state index in [-0.39, 0.29) is 11.5 Å². The van der Waals surface area contributed by atoms with E-state index in [4.69, 9.17) is 0 Å². The van der Waals surface area contributed by atoms with Gasteiger partial charge in [-0.1, -0.05) is 12.1 Å². The van der Waals surface area contributed by atoms with Crippen molar-refractivity contribution in [3.63, 3.8) is 0 Å². The molecule has 0 saturated carbocycles. The molecule has 0 heterocycles. The Morgan fingerprint density at radius 1 is 1.39 bits per heavy atom. The third kappa shape index (κ3) is 5.23. The summed E-state index contributed by atoms with van der Waals surface area (Å²) < 4.78 is 0. The summed E-state index contributed by atoms with van der Waals surface area (Å²) in [5.74, 6) is -0.0719. The van der Waals surface area contributed by atoms with Gasteiger partial charge in [0.15, 0.2) is 5.78 Å². The molecule has 0 aromatic heterocycles. The molecular formula is C13H16N2O3. The highest BCUT2D eigenvalue weighted by atomic mass is 16.6. The van der Waals surface area contributed by atoms with Crippen molar-refractivity contribution < 1.29 is 9.72 Å². The van der Waals surface area contributed by atoms with Gasteiger partial charge in [0, 0.05) is 30.7 Å². The number of nitro benzene ring substituents is 1. The zero-order valence-corrected chi connectivity index (χ0v) is 10.5. The first kappa shape index (κ1) is 15.8. The Bertz CT molecular complexity index is 439. The van der Waals surface area contributed by atoms with E-state index in [9.17, 15) is 14.9 Å². The lowest BCUT2D eigenvalue weighted by atomic mass is 10.1. The molecule has 0 fully saturated rings. The first-order valence-electron chi connectivity index (χ1n) is 5.26. The average Bonchev–Trinajstić information content (AvgIpc) is 2.38. The summed E-state index contributed by atoms with van der Waals surface area (Å²) >= 11 is 0. The van der Waals surface area contributed by atoms with E-state index in [1.807, 2.05) is 19.0 Å². The lowest BCUT2D eigenvalue weighted by Gasteiger charge is -2.07. The largest absolute Gasteiger partial charge is 0.309 e. The van der Waals surface area contributed by atoms with E-state index < -0.39 is 4.92 Å². The highest BCUT2D eigenvalue weighted by molar-refractivity contribution is 5.96. The Hall–Kier alpha value is -2.19. The third-order valence-corrected chi connectivity index (χ3v) is 2.17. The van der Waals surface area contributed by atoms with Crippen LogP contribution in [-0.2, 0) is 0 Å². The van der Waals surface area contributed by atoms with Crippen LogP contribution in [0.1, 0.15) is 16.8 Å². The minimum atomic E-state index is -0.497. The van der Waals surface area contributed by atoms with Crippen molar-refractivity contribution in [3.8, 4) is 12.8 Å². The van der Waals surface area contributed by atoms with Crippen LogP contribution in [0.3, 0.4) is 0 Å². The number of carbonyl (C=O) groups excluding carboxylic acids is 1. The van der Waals surface area contributed by atoms with Crippen molar-refractivity contribution in [2.45, 2.75) is 6.42 Å². The van der Waals surface area contributed by atoms with Crippen LogP contribution in [0.25, 0.3) is 0 Å². The molecule has 0 atom stereocenters. The zero-order chi connectivity index (χ0) is 14.1. The van der Waals surface area contributed by atoms with Gasteiger partial charge in [-0.15, -0.1) is 12.8 Å². The van der Waals surface area contributed by atoms with Crippen molar-refractivity contribution >= 4 is 11.5 Å². The van der Waals surface area contributed by atoms with Gasteiger partial charge in [0.2, 0.25) is 0 Å². The lowest BCUT2D eigenvalue weighted by molar-refractivity contribution is -0.384. The lowest BCUT2D eigenvalue weighted by Crippen LogP contribution is -2.16. The summed E-state index contributed by atoms with van der Waals surface area (Å²) in [4.78, 5) is 23.6. The highest BCUT2D eigenvalue weighted by Crippen LogP contribution is 2.14. The molecular weight excluding hydrogens is 232 g/mol. The summed E-state index contributed by atoms with van der Waals surface area (Å²) in [6, 6.07) is 5.83. The second-order valence-corrected chi connectivity index (χ2v) is 3.78. The van der Waals surface area contributed by atoms with Gasteiger partial charge in [0.1, 0.15) is 0 Å². The topological polar surface area (TPSA) is 63.5 Å². The fraction of sp³-hybridized carbons (Fsp3) is 0.308. The molecule has 0 N–H and O–H groups in total. The van der Waals surface area contributed by atoms with Crippen LogP contribution in [-0.4, -0.2) is 36.2 Å². The molecule has 0 spiro atoms. The van der Waals surface area contributed by atoms with Gasteiger partial charge >= 0.3 is 0 Å². The number of hydrogen-bond donors (Lipinski definition) is 0. The van der Waals surface area contributed by atoms with E-state index >= 15 is 0 Å². The van der Waals surface area contributed by atoms with Crippen LogP contribution >= 0.6 is 0 Å². The fourth-order valence-corrected chi connectivity index (χ4v) is 1.26. The number of nitro groups is 1. The Morgan fingerprint density at radius 2 is 2.00 bits per heavy atom. The molecule has 1 aromatic rings. The Kier molecular flexibility index (Phi) is 7.01. The van der Waals surface area contributed by atoms with Crippen molar-refractivity contribution in [2.24, 2.45) is 0 Å². The van der Waals surface area contributed by atoms with Gasteiger partial charge in [0.05, 0.1) is 4.92 Å². The van der Waals surface area contributed by atoms with Gasteiger partial charge < -0.3 is 4.90 Å². The number of rotatable bonds is 5. The minimum absolute atomic E-state index is 0.0456. The van der Waals surface area contributed by atoms with E-state index in [0.29, 0.717) is 18.5 Å². The quantitative estimate of drug-likeness (QED) is 0.346. The maximum atomic E-state index is 11.7. The van der Waals surface area contributed by atoms with Crippen LogP contribution in [0.2, 0.25) is 0 Å². The molecule has 96 valence electrons. The smallest absolute Gasteiger partial charge is 0.270 e. The van der Waals surface area contributed by atoms with Crippen LogP contribution in [0.5, 0.6) is 0 Å². The van der Waals surface area contributed by atoms with Crippen molar-refractivity contribution in [1.82, 2.24) is 4.90 Å². The molecule has 5 heteroatoms. The van der Waals surface area contributed by atoms with Gasteiger partial charge in [-0.05, 0) is 14.1 Å². The molecule has 0 bridgehead atoms. The monoisotopic (exact) mass is 248 g/mol. The van der Waals surface area contributed by atoms with E-state index in [1.54, 1.807) is 6.07 Å². The Labute approximate surface area is 107 Å². The Morgan fingerprint density at radius 3 is 2.50 bits per heavy atom. The number of Topliss-reactive ketones (excluding diaryl/α,β-unsaturated/α-hetero) is 1. The number of non-ortho nitro benzene ring substituents is 1. The van der Waals surface area contributed by atoms with E-state index in [0.717, 1.165) is 0 Å². The van der Waals surface area contributed by atoms with E-state index in [2.05, 4.69) is 12.8 Å². The van der Waals surface area contributed by atoms with Gasteiger partial charge in [0.25, 0.3) is 5.69 Å². The zero-order valence-electron chi connectivity index (χ0n) is 10.5. The van der Waals surface area contributed by atoms with Crippen molar-refractivity contribution in [3.05, 3.63) is 39.9 Å². The number of ketones is 1. The molecule has 0 radical (unpaired) electrons. The molecule has 0 aliphatic carbocycles. The SMILES string of the molecule is C#C.CN(C)CCC(=O)c1cccc([N+](=O)[O-])c1. The van der Waals surface area contributed by atoms with Crippen LogP contribution in [0.15, 0.2) is 24.3 Å². The predicted molar refractivity (Wildman–Crippen MR) is 70.5 cm³/mol. The minimum Gasteiger partial charge on any atom is -0.309 e. The van der Waals surface area contributed by atoms with Crippen molar-refractivity contribution in [1.29, 1.82) is 0 Å². The van der Waals surface area contributed by atoms with Crippen LogP contribution in [0.4, 0.5) is 5.69 Å². The number of hydrogen-bond acceptors (Lipinski definition) is 4. The number of benzene rings is 1. The summed E-state index contributed by atoms with van der Waals surface area (Å²) in [5.41, 5.74) is 0.353. The molecule has 1 rings (SSSR count). The molecule has 0 saturated heterocycles. The first-order valence-corrected chi connectivity index (χ1v) is 5.26. The average molecular weight is 248 g/mol. The Balaban J connectivity index is 0.00000137. The summed E-state index contributed by atoms with van der Waals surface area (Å²) in [6.45, 7) is 0.640. The second kappa shape index (κ2) is 7.98. The number of terminal acetylenes is 1. The molecule has 0 aliphatic rings. The van der Waals surface area contributed by atoms with Crippen LogP contribution < -0.4 is 0 Å². The molecule has 0 amide bonds. The second-order valence-electron chi connectivity index (χ2n) is 3.78. The molecule has 1 aromatic carbocycles. The normalized spacial score (nSPS) is 9.39. The van der Waals surface area contributed by atoms with Gasteiger partial charge in [-0.2, -0.15) is 0 Å². The fourth-order valence-electron chi connectivity index (χ4n) is 1.26. The standard InChI is InChI=1S/C11H14N2O3.C2H2/c1-12(2)7-6-11(14)9-4-3-5-10(8-9)13(15)16;1-2/h3-5,8H,6-7H2,1-2H3;1-2H. The van der Waals surface area contributed by atoms with Gasteiger partial charge in [-0.3, -0.25) is 14.9 Å². The number of carbonyl (C=O) groups is 1. The molecule has 0 aliphatic heterocycles. The molecule has 18 heavy (non-hydrogen) atoms. The molecule has 5 nitrogen and oxygen atoms in total. The third-order valence-electron chi connectivity index (χ3n) is 2.17. The first-order chi connectivity index (χ1) is 8.50. The molecule has 0 unspecified atom stereocenters. The van der Waals surface area contributed by atoms with Crippen LogP contribution in [0, 0.1) is 23.0 Å². The van der Waals surface area contributed by atoms with Gasteiger partial charge in [-0.25, -0.2) is 0 Å². The summed E-state index contributed by atoms with van der Waals surface area (Å²) in [7, 11) is 3.75.